The van der Waals surface area contributed by atoms with Gasteiger partial charge in [0.05, 0.1) is 12.7 Å². The van der Waals surface area contributed by atoms with E-state index in [9.17, 15) is 4.79 Å². The zero-order valence-electron chi connectivity index (χ0n) is 11.1. The van der Waals surface area contributed by atoms with E-state index in [0.717, 1.165) is 18.7 Å². The topological polar surface area (TPSA) is 80.5 Å². The molecule has 0 spiro atoms. The molecule has 0 aliphatic carbocycles. The third-order valence-corrected chi connectivity index (χ3v) is 3.13. The minimum atomic E-state index is -0.180. The van der Waals surface area contributed by atoms with Gasteiger partial charge in [0, 0.05) is 32.4 Å². The van der Waals surface area contributed by atoms with E-state index >= 15 is 0 Å². The van der Waals surface area contributed by atoms with Gasteiger partial charge in [-0.3, -0.25) is 9.78 Å². The van der Waals surface area contributed by atoms with Gasteiger partial charge in [-0.25, -0.2) is 0 Å². The lowest BCUT2D eigenvalue weighted by Crippen LogP contribution is -2.46. The Bertz CT molecular complexity index is 421. The molecular formula is C13H20N4O2. The third-order valence-electron chi connectivity index (χ3n) is 3.13. The first kappa shape index (κ1) is 13.9. The summed E-state index contributed by atoms with van der Waals surface area (Å²) >= 11 is 0. The number of hydrogen-bond acceptors (Lipinski definition) is 5. The molecule has 3 N–H and O–H groups in total. The second-order valence-corrected chi connectivity index (χ2v) is 4.72. The molecule has 1 amide bonds. The van der Waals surface area contributed by atoms with E-state index in [-0.39, 0.29) is 12.0 Å². The van der Waals surface area contributed by atoms with Crippen molar-refractivity contribution in [3.63, 3.8) is 0 Å². The number of carbonyl (C=O) groups excluding carboxylic acids is 1. The molecule has 1 atom stereocenters. The number of hydrogen-bond donors (Lipinski definition) is 2. The van der Waals surface area contributed by atoms with E-state index in [0.29, 0.717) is 25.4 Å². The van der Waals surface area contributed by atoms with Crippen molar-refractivity contribution in [2.45, 2.75) is 12.6 Å². The maximum absolute atomic E-state index is 11.9. The molecule has 1 fully saturated rings. The summed E-state index contributed by atoms with van der Waals surface area (Å²) in [5.41, 5.74) is 6.80. The van der Waals surface area contributed by atoms with Crippen molar-refractivity contribution in [2.24, 2.45) is 5.73 Å². The summed E-state index contributed by atoms with van der Waals surface area (Å²) in [7, 11) is 2.05. The molecule has 0 bridgehead atoms. The Morgan fingerprint density at radius 3 is 3.11 bits per heavy atom. The largest absolute Gasteiger partial charge is 0.374 e. The Hall–Kier alpha value is -1.50. The van der Waals surface area contributed by atoms with Crippen molar-refractivity contribution in [2.75, 3.05) is 33.3 Å². The number of pyridine rings is 1. The fourth-order valence-electron chi connectivity index (χ4n) is 1.97. The average molecular weight is 264 g/mol. The van der Waals surface area contributed by atoms with Crippen molar-refractivity contribution in [1.29, 1.82) is 0 Å². The second-order valence-electron chi connectivity index (χ2n) is 4.72. The summed E-state index contributed by atoms with van der Waals surface area (Å²) in [5.74, 6) is -0.180. The van der Waals surface area contributed by atoms with Gasteiger partial charge in [0.1, 0.15) is 5.69 Å². The molecule has 1 aromatic heterocycles. The first-order chi connectivity index (χ1) is 9.19. The van der Waals surface area contributed by atoms with Crippen LogP contribution in [0.15, 0.2) is 18.3 Å². The molecule has 2 heterocycles. The fraction of sp³-hybridized carbons (Fsp3) is 0.538. The van der Waals surface area contributed by atoms with Gasteiger partial charge in [0.2, 0.25) is 0 Å². The highest BCUT2D eigenvalue weighted by molar-refractivity contribution is 5.92. The van der Waals surface area contributed by atoms with Gasteiger partial charge in [0.15, 0.2) is 0 Å². The monoisotopic (exact) mass is 264 g/mol. The van der Waals surface area contributed by atoms with E-state index in [2.05, 4.69) is 15.2 Å². The van der Waals surface area contributed by atoms with E-state index in [4.69, 9.17) is 10.5 Å². The summed E-state index contributed by atoms with van der Waals surface area (Å²) < 4.78 is 5.58. The van der Waals surface area contributed by atoms with Crippen molar-refractivity contribution in [3.05, 3.63) is 29.6 Å². The molecule has 0 radical (unpaired) electrons. The van der Waals surface area contributed by atoms with Crippen LogP contribution >= 0.6 is 0 Å². The van der Waals surface area contributed by atoms with E-state index in [1.54, 1.807) is 12.3 Å². The molecule has 6 heteroatoms. The first-order valence-electron chi connectivity index (χ1n) is 6.42. The van der Waals surface area contributed by atoms with E-state index < -0.39 is 0 Å². The maximum Gasteiger partial charge on any atom is 0.269 e. The average Bonchev–Trinajstić information content (AvgIpc) is 2.45. The highest BCUT2D eigenvalue weighted by atomic mass is 16.5. The first-order valence-corrected chi connectivity index (χ1v) is 6.42. The van der Waals surface area contributed by atoms with Crippen LogP contribution in [0, 0.1) is 0 Å². The molecule has 0 aromatic carbocycles. The number of aromatic nitrogens is 1. The van der Waals surface area contributed by atoms with Crippen molar-refractivity contribution in [3.8, 4) is 0 Å². The zero-order chi connectivity index (χ0) is 13.7. The molecule has 1 saturated heterocycles. The summed E-state index contributed by atoms with van der Waals surface area (Å²) in [6, 6.07) is 3.50. The normalized spacial score (nSPS) is 20.2. The number of amides is 1. The number of ether oxygens (including phenoxy) is 1. The zero-order valence-corrected chi connectivity index (χ0v) is 11.1. The predicted molar refractivity (Wildman–Crippen MR) is 71.7 cm³/mol. The molecule has 1 unspecified atom stereocenters. The standard InChI is InChI=1S/C13H20N4O2/c1-17-4-5-19-11(9-17)8-16-13(18)12-3-2-10(6-14)7-15-12/h2-3,7,11H,4-6,8-9,14H2,1H3,(H,16,18). The Balaban J connectivity index is 1.83. The van der Waals surface area contributed by atoms with Crippen LogP contribution in [-0.2, 0) is 11.3 Å². The van der Waals surface area contributed by atoms with Gasteiger partial charge in [-0.15, -0.1) is 0 Å². The number of nitrogens with two attached hydrogens (primary N) is 1. The van der Waals surface area contributed by atoms with E-state index in [1.807, 2.05) is 13.1 Å². The maximum atomic E-state index is 11.9. The summed E-state index contributed by atoms with van der Waals surface area (Å²) in [4.78, 5) is 18.2. The lowest BCUT2D eigenvalue weighted by molar-refractivity contribution is -0.0175. The number of nitrogens with zero attached hydrogens (tertiary/aromatic N) is 2. The Morgan fingerprint density at radius 2 is 2.47 bits per heavy atom. The smallest absolute Gasteiger partial charge is 0.269 e. The molecular weight excluding hydrogens is 244 g/mol. The van der Waals surface area contributed by atoms with Crippen LogP contribution in [-0.4, -0.2) is 55.2 Å². The van der Waals surface area contributed by atoms with Gasteiger partial charge in [0.25, 0.3) is 5.91 Å². The summed E-state index contributed by atoms with van der Waals surface area (Å²) in [6.07, 6.45) is 1.67. The van der Waals surface area contributed by atoms with Crippen molar-refractivity contribution in [1.82, 2.24) is 15.2 Å². The van der Waals surface area contributed by atoms with Gasteiger partial charge >= 0.3 is 0 Å². The van der Waals surface area contributed by atoms with Crippen LogP contribution < -0.4 is 11.1 Å². The van der Waals surface area contributed by atoms with Crippen molar-refractivity contribution >= 4 is 5.91 Å². The number of morpholine rings is 1. The molecule has 1 aliphatic heterocycles. The molecule has 1 aliphatic rings. The van der Waals surface area contributed by atoms with Gasteiger partial charge < -0.3 is 20.7 Å². The Kier molecular flexibility index (Phi) is 4.84. The number of likely N-dealkylation sites (N-methyl/N-ethyl adjacent to an activating group) is 1. The minimum Gasteiger partial charge on any atom is -0.374 e. The molecule has 104 valence electrons. The number of rotatable bonds is 4. The van der Waals surface area contributed by atoms with Crippen LogP contribution in [0.1, 0.15) is 16.1 Å². The Morgan fingerprint density at radius 1 is 1.63 bits per heavy atom. The highest BCUT2D eigenvalue weighted by Crippen LogP contribution is 2.03. The van der Waals surface area contributed by atoms with Gasteiger partial charge in [-0.1, -0.05) is 6.07 Å². The molecule has 6 nitrogen and oxygen atoms in total. The highest BCUT2D eigenvalue weighted by Gasteiger charge is 2.18. The fourth-order valence-corrected chi connectivity index (χ4v) is 1.97. The van der Waals surface area contributed by atoms with Crippen LogP contribution in [0.5, 0.6) is 0 Å². The van der Waals surface area contributed by atoms with Gasteiger partial charge in [-0.05, 0) is 18.7 Å². The lowest BCUT2D eigenvalue weighted by atomic mass is 10.2. The van der Waals surface area contributed by atoms with Crippen molar-refractivity contribution < 1.29 is 9.53 Å². The SMILES string of the molecule is CN1CCOC(CNC(=O)c2ccc(CN)cn2)C1. The minimum absolute atomic E-state index is 0.0472. The van der Waals surface area contributed by atoms with Gasteiger partial charge in [-0.2, -0.15) is 0 Å². The molecule has 1 aromatic rings. The summed E-state index contributed by atoms with van der Waals surface area (Å²) in [6.45, 7) is 3.41. The quantitative estimate of drug-likeness (QED) is 0.773. The van der Waals surface area contributed by atoms with Crippen LogP contribution in [0.4, 0.5) is 0 Å². The third kappa shape index (κ3) is 3.99. The summed E-state index contributed by atoms with van der Waals surface area (Å²) in [5, 5.41) is 2.84. The van der Waals surface area contributed by atoms with Crippen LogP contribution in [0.3, 0.4) is 0 Å². The van der Waals surface area contributed by atoms with Crippen LogP contribution in [0.2, 0.25) is 0 Å². The molecule has 2 rings (SSSR count). The molecule has 19 heavy (non-hydrogen) atoms. The number of nitrogens with one attached hydrogen (secondary N) is 1. The Labute approximate surface area is 112 Å². The predicted octanol–water partition coefficient (Wildman–Crippen LogP) is -0.399. The van der Waals surface area contributed by atoms with E-state index in [1.165, 1.54) is 0 Å². The number of carbonyl (C=O) groups is 1. The van der Waals surface area contributed by atoms with Crippen LogP contribution in [0.25, 0.3) is 0 Å². The lowest BCUT2D eigenvalue weighted by Gasteiger charge is -2.30. The molecule has 0 saturated carbocycles. The second kappa shape index (κ2) is 6.60.